The average Bonchev–Trinajstić information content (AvgIpc) is 2.42. The van der Waals surface area contributed by atoms with Crippen molar-refractivity contribution in [2.24, 2.45) is 0 Å². The number of rotatable bonds is 5. The van der Waals surface area contributed by atoms with E-state index in [0.717, 1.165) is 25.9 Å². The Kier molecular flexibility index (Phi) is 5.05. The average molecular weight is 265 g/mol. The van der Waals surface area contributed by atoms with E-state index in [1.54, 1.807) is 25.3 Å². The number of nitrogens with zero attached hydrogens (tertiary/aromatic N) is 1. The number of benzene rings is 1. The van der Waals surface area contributed by atoms with Crippen LogP contribution in [0.5, 0.6) is 0 Å². The lowest BCUT2D eigenvalue weighted by atomic mass is 10.1. The third-order valence-corrected chi connectivity index (χ3v) is 3.61. The number of carbonyl (C=O) groups excluding carboxylic acids is 1. The number of Topliss-reactive ketones (excluding diaryl/α,β-unsaturated/α-hetero) is 1. The van der Waals surface area contributed by atoms with Crippen molar-refractivity contribution < 1.29 is 13.9 Å². The Hall–Kier alpha value is -1.26. The zero-order valence-electron chi connectivity index (χ0n) is 11.3. The lowest BCUT2D eigenvalue weighted by molar-refractivity contribution is -0.120. The number of halogens is 1. The van der Waals surface area contributed by atoms with Gasteiger partial charge in [-0.1, -0.05) is 18.2 Å². The molecule has 1 aliphatic heterocycles. The molecule has 3 nitrogen and oxygen atoms in total. The van der Waals surface area contributed by atoms with Crippen molar-refractivity contribution in [3.8, 4) is 0 Å². The normalized spacial score (nSPS) is 17.6. The van der Waals surface area contributed by atoms with Gasteiger partial charge in [0.1, 0.15) is 5.82 Å². The molecule has 0 N–H and O–H groups in total. The van der Waals surface area contributed by atoms with Crippen LogP contribution in [0.3, 0.4) is 0 Å². The lowest BCUT2D eigenvalue weighted by Gasteiger charge is -2.30. The number of ketones is 1. The van der Waals surface area contributed by atoms with Crippen molar-refractivity contribution in [3.05, 3.63) is 35.6 Å². The molecule has 0 bridgehead atoms. The molecule has 0 aromatic heterocycles. The van der Waals surface area contributed by atoms with Crippen LogP contribution in [-0.2, 0) is 16.0 Å². The minimum atomic E-state index is -0.297. The number of ether oxygens (including phenoxy) is 1. The Morgan fingerprint density at radius 1 is 1.37 bits per heavy atom. The predicted octanol–water partition coefficient (Wildman–Crippen LogP) is 2.05. The molecular formula is C15H20FNO2. The van der Waals surface area contributed by atoms with E-state index in [9.17, 15) is 9.18 Å². The van der Waals surface area contributed by atoms with E-state index in [1.807, 2.05) is 0 Å². The Morgan fingerprint density at radius 3 is 2.68 bits per heavy atom. The molecular weight excluding hydrogens is 245 g/mol. The van der Waals surface area contributed by atoms with E-state index < -0.39 is 0 Å². The summed E-state index contributed by atoms with van der Waals surface area (Å²) in [6.07, 6.45) is 2.42. The van der Waals surface area contributed by atoms with Gasteiger partial charge in [0, 0.05) is 26.6 Å². The molecule has 104 valence electrons. The van der Waals surface area contributed by atoms with Gasteiger partial charge in [-0.25, -0.2) is 4.39 Å². The zero-order chi connectivity index (χ0) is 13.7. The molecule has 0 atom stereocenters. The molecule has 0 spiro atoms. The summed E-state index contributed by atoms with van der Waals surface area (Å²) in [7, 11) is 1.73. The molecule has 1 aliphatic rings. The van der Waals surface area contributed by atoms with Gasteiger partial charge in [0.05, 0.1) is 12.6 Å². The summed E-state index contributed by atoms with van der Waals surface area (Å²) in [6, 6.07) is 6.46. The van der Waals surface area contributed by atoms with Gasteiger partial charge in [-0.2, -0.15) is 0 Å². The van der Waals surface area contributed by atoms with Crippen LogP contribution in [0.2, 0.25) is 0 Å². The highest BCUT2D eigenvalue weighted by molar-refractivity contribution is 5.82. The third kappa shape index (κ3) is 4.11. The Bertz CT molecular complexity index is 428. The van der Waals surface area contributed by atoms with E-state index in [-0.39, 0.29) is 18.0 Å². The molecule has 2 rings (SSSR count). The third-order valence-electron chi connectivity index (χ3n) is 3.61. The van der Waals surface area contributed by atoms with Gasteiger partial charge >= 0.3 is 0 Å². The first-order valence-corrected chi connectivity index (χ1v) is 6.69. The van der Waals surface area contributed by atoms with Crippen molar-refractivity contribution in [1.29, 1.82) is 0 Å². The van der Waals surface area contributed by atoms with Crippen molar-refractivity contribution in [3.63, 3.8) is 0 Å². The first kappa shape index (κ1) is 14.2. The zero-order valence-corrected chi connectivity index (χ0v) is 11.3. The van der Waals surface area contributed by atoms with Gasteiger partial charge in [-0.05, 0) is 24.5 Å². The minimum Gasteiger partial charge on any atom is -0.381 e. The summed E-state index contributed by atoms with van der Waals surface area (Å²) in [5, 5.41) is 0. The molecule has 1 fully saturated rings. The molecule has 1 heterocycles. The second-order valence-corrected chi connectivity index (χ2v) is 5.02. The molecule has 1 aromatic rings. The molecule has 0 unspecified atom stereocenters. The van der Waals surface area contributed by atoms with Crippen molar-refractivity contribution in [2.75, 3.05) is 26.7 Å². The number of likely N-dealkylation sites (tertiary alicyclic amines) is 1. The molecule has 0 radical (unpaired) electrons. The number of carbonyl (C=O) groups is 1. The van der Waals surface area contributed by atoms with E-state index in [2.05, 4.69) is 4.90 Å². The summed E-state index contributed by atoms with van der Waals surface area (Å²) in [5.74, 6) is -0.227. The smallest absolute Gasteiger partial charge is 0.151 e. The molecule has 19 heavy (non-hydrogen) atoms. The van der Waals surface area contributed by atoms with E-state index in [4.69, 9.17) is 4.74 Å². The van der Waals surface area contributed by atoms with Crippen LogP contribution in [0.4, 0.5) is 4.39 Å². The molecule has 4 heteroatoms. The van der Waals surface area contributed by atoms with Crippen LogP contribution in [0.1, 0.15) is 18.4 Å². The lowest BCUT2D eigenvalue weighted by Crippen LogP contribution is -2.39. The molecule has 1 saturated heterocycles. The van der Waals surface area contributed by atoms with Crippen molar-refractivity contribution in [1.82, 2.24) is 4.90 Å². The number of hydrogen-bond acceptors (Lipinski definition) is 3. The second kappa shape index (κ2) is 6.78. The van der Waals surface area contributed by atoms with Gasteiger partial charge in [0.15, 0.2) is 5.78 Å². The maximum Gasteiger partial charge on any atom is 0.151 e. The summed E-state index contributed by atoms with van der Waals surface area (Å²) in [4.78, 5) is 14.1. The number of hydrogen-bond donors (Lipinski definition) is 0. The van der Waals surface area contributed by atoms with Gasteiger partial charge in [0.25, 0.3) is 0 Å². The van der Waals surface area contributed by atoms with Gasteiger partial charge in [0.2, 0.25) is 0 Å². The van der Waals surface area contributed by atoms with Crippen LogP contribution >= 0.6 is 0 Å². The predicted molar refractivity (Wildman–Crippen MR) is 71.6 cm³/mol. The van der Waals surface area contributed by atoms with Crippen molar-refractivity contribution in [2.45, 2.75) is 25.4 Å². The number of piperidine rings is 1. The van der Waals surface area contributed by atoms with Crippen LogP contribution < -0.4 is 0 Å². The highest BCUT2D eigenvalue weighted by Crippen LogP contribution is 2.13. The highest BCUT2D eigenvalue weighted by Gasteiger charge is 2.20. The summed E-state index contributed by atoms with van der Waals surface area (Å²) in [5.41, 5.74) is 0.485. The first-order chi connectivity index (χ1) is 9.19. The molecule has 0 saturated carbocycles. The van der Waals surface area contributed by atoms with Crippen molar-refractivity contribution >= 4 is 5.78 Å². The molecule has 0 amide bonds. The topological polar surface area (TPSA) is 29.5 Å². The van der Waals surface area contributed by atoms with E-state index >= 15 is 0 Å². The fourth-order valence-electron chi connectivity index (χ4n) is 2.46. The van der Waals surface area contributed by atoms with Gasteiger partial charge in [-0.3, -0.25) is 9.69 Å². The number of methoxy groups -OCH3 is 1. The summed E-state index contributed by atoms with van der Waals surface area (Å²) >= 11 is 0. The van der Waals surface area contributed by atoms with Crippen LogP contribution in [0, 0.1) is 5.82 Å². The Labute approximate surface area is 113 Å². The fourth-order valence-corrected chi connectivity index (χ4v) is 2.46. The van der Waals surface area contributed by atoms with Crippen LogP contribution in [0.15, 0.2) is 24.3 Å². The standard InChI is InChI=1S/C15H20FNO2/c1-19-14-6-8-17(9-7-14)11-13(18)10-12-4-2-3-5-15(12)16/h2-5,14H,6-11H2,1H3. The SMILES string of the molecule is COC1CCN(CC(=O)Cc2ccccc2F)CC1. The maximum absolute atomic E-state index is 13.4. The van der Waals surface area contributed by atoms with E-state index in [1.165, 1.54) is 6.07 Å². The second-order valence-electron chi connectivity index (χ2n) is 5.02. The quantitative estimate of drug-likeness (QED) is 0.816. The van der Waals surface area contributed by atoms with Crippen LogP contribution in [0.25, 0.3) is 0 Å². The highest BCUT2D eigenvalue weighted by atomic mass is 19.1. The molecule has 1 aromatic carbocycles. The Morgan fingerprint density at radius 2 is 2.05 bits per heavy atom. The maximum atomic E-state index is 13.4. The minimum absolute atomic E-state index is 0.0703. The molecule has 0 aliphatic carbocycles. The Balaban J connectivity index is 1.81. The fraction of sp³-hybridized carbons (Fsp3) is 0.533. The van der Waals surface area contributed by atoms with Crippen LogP contribution in [-0.4, -0.2) is 43.5 Å². The van der Waals surface area contributed by atoms with Gasteiger partial charge in [-0.15, -0.1) is 0 Å². The van der Waals surface area contributed by atoms with Gasteiger partial charge < -0.3 is 4.74 Å². The van der Waals surface area contributed by atoms with E-state index in [0.29, 0.717) is 18.2 Å². The summed E-state index contributed by atoms with van der Waals surface area (Å²) < 4.78 is 18.7. The monoisotopic (exact) mass is 265 g/mol. The first-order valence-electron chi connectivity index (χ1n) is 6.69. The largest absolute Gasteiger partial charge is 0.381 e. The summed E-state index contributed by atoms with van der Waals surface area (Å²) in [6.45, 7) is 2.16.